The molecule has 0 radical (unpaired) electrons. The Morgan fingerprint density at radius 1 is 1.18 bits per heavy atom. The Morgan fingerprint density at radius 2 is 1.91 bits per heavy atom. The predicted molar refractivity (Wildman–Crippen MR) is 72.9 cm³/mol. The first-order chi connectivity index (χ1) is 10.7. The molecule has 0 aromatic carbocycles. The fourth-order valence-electron chi connectivity index (χ4n) is 2.99. The monoisotopic (exact) mass is 299 g/mol. The molecule has 2 unspecified atom stereocenters. The molecule has 0 saturated carbocycles. The fourth-order valence-corrected chi connectivity index (χ4v) is 2.99. The first-order valence-electron chi connectivity index (χ1n) is 7.09. The second-order valence-electron chi connectivity index (χ2n) is 5.45. The molecule has 7 nitrogen and oxygen atoms in total. The standard InChI is InChI=1S/C15H13N3O4/c19-14-10-3-1-2-4-11(10)15(20)18(14)7-12-16-13(22-17-12)9-5-6-21-8-9/h1-2,5-6,8,10-11H,3-4,7H2. The number of furan rings is 1. The number of carbonyl (C=O) groups excluding carboxylic acids is 2. The summed E-state index contributed by atoms with van der Waals surface area (Å²) in [6, 6.07) is 1.70. The minimum atomic E-state index is -0.238. The van der Waals surface area contributed by atoms with Gasteiger partial charge < -0.3 is 8.94 Å². The fraction of sp³-hybridized carbons (Fsp3) is 0.333. The van der Waals surface area contributed by atoms with Gasteiger partial charge in [0.15, 0.2) is 5.82 Å². The molecule has 2 aromatic rings. The highest BCUT2D eigenvalue weighted by molar-refractivity contribution is 6.05. The molecule has 22 heavy (non-hydrogen) atoms. The molecule has 3 heterocycles. The molecule has 7 heteroatoms. The SMILES string of the molecule is O=C1C2CC=CCC2C(=O)N1Cc1noc(-c2ccoc2)n1. The number of aromatic nitrogens is 2. The molecule has 1 aliphatic heterocycles. The van der Waals surface area contributed by atoms with Crippen LogP contribution in [0.2, 0.25) is 0 Å². The minimum absolute atomic E-state index is 0.0476. The summed E-state index contributed by atoms with van der Waals surface area (Å²) in [5.41, 5.74) is 0.663. The number of allylic oxidation sites excluding steroid dienone is 2. The van der Waals surface area contributed by atoms with E-state index in [1.165, 1.54) is 17.4 Å². The van der Waals surface area contributed by atoms with Crippen LogP contribution in [-0.4, -0.2) is 26.9 Å². The summed E-state index contributed by atoms with van der Waals surface area (Å²) in [4.78, 5) is 30.2. The van der Waals surface area contributed by atoms with E-state index in [1.54, 1.807) is 6.07 Å². The van der Waals surface area contributed by atoms with Crippen molar-refractivity contribution in [1.82, 2.24) is 15.0 Å². The van der Waals surface area contributed by atoms with Crippen LogP contribution in [0.4, 0.5) is 0 Å². The van der Waals surface area contributed by atoms with Crippen LogP contribution in [0, 0.1) is 11.8 Å². The minimum Gasteiger partial charge on any atom is -0.472 e. The van der Waals surface area contributed by atoms with Crippen molar-refractivity contribution in [3.05, 3.63) is 36.6 Å². The highest BCUT2D eigenvalue weighted by Crippen LogP contribution is 2.35. The van der Waals surface area contributed by atoms with Gasteiger partial charge in [0.2, 0.25) is 11.8 Å². The molecule has 112 valence electrons. The van der Waals surface area contributed by atoms with Gasteiger partial charge in [0.1, 0.15) is 6.26 Å². The Balaban J connectivity index is 1.54. The maximum atomic E-state index is 12.4. The molecule has 0 bridgehead atoms. The first-order valence-corrected chi connectivity index (χ1v) is 7.09. The zero-order valence-corrected chi connectivity index (χ0v) is 11.6. The number of hydrogen-bond acceptors (Lipinski definition) is 6. The third kappa shape index (κ3) is 1.97. The Kier molecular flexibility index (Phi) is 2.92. The zero-order valence-electron chi connectivity index (χ0n) is 11.6. The summed E-state index contributed by atoms with van der Waals surface area (Å²) < 4.78 is 10.1. The number of rotatable bonds is 3. The summed E-state index contributed by atoms with van der Waals surface area (Å²) in [6.45, 7) is 0.0476. The van der Waals surface area contributed by atoms with Gasteiger partial charge in [0, 0.05) is 0 Å². The highest BCUT2D eigenvalue weighted by Gasteiger charge is 2.47. The van der Waals surface area contributed by atoms with Gasteiger partial charge >= 0.3 is 0 Å². The first kappa shape index (κ1) is 13.0. The quantitative estimate of drug-likeness (QED) is 0.634. The molecule has 4 rings (SSSR count). The number of fused-ring (bicyclic) bond motifs is 1. The van der Waals surface area contributed by atoms with E-state index in [1.807, 2.05) is 12.2 Å². The molecule has 0 spiro atoms. The van der Waals surface area contributed by atoms with Crippen LogP contribution in [0.5, 0.6) is 0 Å². The van der Waals surface area contributed by atoms with Gasteiger partial charge in [-0.2, -0.15) is 4.98 Å². The lowest BCUT2D eigenvalue weighted by molar-refractivity contribution is -0.140. The van der Waals surface area contributed by atoms with Crippen molar-refractivity contribution in [2.24, 2.45) is 11.8 Å². The van der Waals surface area contributed by atoms with Crippen molar-refractivity contribution in [1.29, 1.82) is 0 Å². The van der Waals surface area contributed by atoms with Crippen molar-refractivity contribution in [3.63, 3.8) is 0 Å². The van der Waals surface area contributed by atoms with Crippen molar-refractivity contribution in [3.8, 4) is 11.5 Å². The van der Waals surface area contributed by atoms with Crippen LogP contribution in [0.3, 0.4) is 0 Å². The summed E-state index contributed by atoms with van der Waals surface area (Å²) in [5, 5.41) is 3.83. The molecular formula is C15H13N3O4. The van der Waals surface area contributed by atoms with Crippen molar-refractivity contribution < 1.29 is 18.5 Å². The van der Waals surface area contributed by atoms with Gasteiger partial charge in [-0.3, -0.25) is 14.5 Å². The smallest absolute Gasteiger partial charge is 0.261 e. The average molecular weight is 299 g/mol. The van der Waals surface area contributed by atoms with Crippen molar-refractivity contribution in [2.75, 3.05) is 0 Å². The van der Waals surface area contributed by atoms with E-state index in [9.17, 15) is 9.59 Å². The predicted octanol–water partition coefficient (Wildman–Crippen LogP) is 1.78. The number of likely N-dealkylation sites (tertiary alicyclic amines) is 1. The van der Waals surface area contributed by atoms with Gasteiger partial charge in [-0.1, -0.05) is 17.3 Å². The number of hydrogen-bond donors (Lipinski definition) is 0. The van der Waals surface area contributed by atoms with Gasteiger partial charge in [0.25, 0.3) is 5.89 Å². The van der Waals surface area contributed by atoms with Crippen molar-refractivity contribution >= 4 is 11.8 Å². The number of imide groups is 1. The molecule has 2 atom stereocenters. The van der Waals surface area contributed by atoms with E-state index < -0.39 is 0 Å². The van der Waals surface area contributed by atoms with Crippen molar-refractivity contribution in [2.45, 2.75) is 19.4 Å². The molecule has 0 N–H and O–H groups in total. The second kappa shape index (κ2) is 4.94. The Morgan fingerprint density at radius 3 is 2.55 bits per heavy atom. The van der Waals surface area contributed by atoms with E-state index in [4.69, 9.17) is 8.94 Å². The zero-order chi connectivity index (χ0) is 15.1. The maximum absolute atomic E-state index is 12.4. The second-order valence-corrected chi connectivity index (χ2v) is 5.45. The van der Waals surface area contributed by atoms with E-state index >= 15 is 0 Å². The highest BCUT2D eigenvalue weighted by atomic mass is 16.5. The Labute approximate surface area is 125 Å². The summed E-state index contributed by atoms with van der Waals surface area (Å²) >= 11 is 0. The molecule has 1 fully saturated rings. The molecule has 2 amide bonds. The van der Waals surface area contributed by atoms with Crippen LogP contribution >= 0.6 is 0 Å². The third-order valence-electron chi connectivity index (χ3n) is 4.13. The molecule has 1 saturated heterocycles. The van der Waals surface area contributed by atoms with Crippen LogP contribution in [0.15, 0.2) is 39.7 Å². The van der Waals surface area contributed by atoms with Gasteiger partial charge in [0.05, 0.1) is 30.2 Å². The van der Waals surface area contributed by atoms with Gasteiger partial charge in [-0.05, 0) is 18.9 Å². The molecular weight excluding hydrogens is 286 g/mol. The number of carbonyl (C=O) groups is 2. The van der Waals surface area contributed by atoms with E-state index in [0.717, 1.165) is 0 Å². The Bertz CT molecular complexity index is 721. The van der Waals surface area contributed by atoms with Crippen LogP contribution < -0.4 is 0 Å². The molecule has 1 aliphatic carbocycles. The topological polar surface area (TPSA) is 89.4 Å². The maximum Gasteiger partial charge on any atom is 0.261 e. The van der Waals surface area contributed by atoms with Crippen LogP contribution in [0.1, 0.15) is 18.7 Å². The lowest BCUT2D eigenvalue weighted by Gasteiger charge is -2.14. The van der Waals surface area contributed by atoms with E-state index in [-0.39, 0.29) is 30.2 Å². The van der Waals surface area contributed by atoms with Gasteiger partial charge in [-0.15, -0.1) is 0 Å². The van der Waals surface area contributed by atoms with E-state index in [0.29, 0.717) is 30.1 Å². The van der Waals surface area contributed by atoms with Crippen LogP contribution in [0.25, 0.3) is 11.5 Å². The average Bonchev–Trinajstić information content (AvgIpc) is 3.25. The summed E-state index contributed by atoms with van der Waals surface area (Å²) in [7, 11) is 0. The molecule has 2 aliphatic rings. The lowest BCUT2D eigenvalue weighted by atomic mass is 9.85. The third-order valence-corrected chi connectivity index (χ3v) is 4.13. The van der Waals surface area contributed by atoms with Gasteiger partial charge in [-0.25, -0.2) is 0 Å². The number of nitrogens with zero attached hydrogens (tertiary/aromatic N) is 3. The largest absolute Gasteiger partial charge is 0.472 e. The lowest BCUT2D eigenvalue weighted by Crippen LogP contribution is -2.31. The summed E-state index contributed by atoms with van der Waals surface area (Å²) in [5.74, 6) is -0.148. The normalized spacial score (nSPS) is 24.1. The van der Waals surface area contributed by atoms with E-state index in [2.05, 4.69) is 10.1 Å². The molecule has 2 aromatic heterocycles. The Hall–Kier alpha value is -2.70. The van der Waals surface area contributed by atoms with Crippen LogP contribution in [-0.2, 0) is 16.1 Å². The number of amides is 2. The summed E-state index contributed by atoms with van der Waals surface area (Å²) in [6.07, 6.45) is 8.16.